The molecule has 1 N–H and O–H groups in total. The molecule has 2 heterocycles. The maximum absolute atomic E-state index is 12.9. The lowest BCUT2D eigenvalue weighted by Crippen LogP contribution is -2.36. The highest BCUT2D eigenvalue weighted by Gasteiger charge is 2.16. The first-order valence-corrected chi connectivity index (χ1v) is 9.40. The number of aryl methyl sites for hydroxylation is 1. The van der Waals surface area contributed by atoms with Gasteiger partial charge >= 0.3 is 0 Å². The normalized spacial score (nSPS) is 12.1. The van der Waals surface area contributed by atoms with Crippen LogP contribution in [0.4, 0.5) is 0 Å². The van der Waals surface area contributed by atoms with Crippen LogP contribution < -0.4 is 10.9 Å². The minimum atomic E-state index is -0.354. The van der Waals surface area contributed by atoms with Crippen LogP contribution in [-0.4, -0.2) is 25.3 Å². The van der Waals surface area contributed by atoms with Gasteiger partial charge in [0.25, 0.3) is 5.56 Å². The number of benzene rings is 2. The summed E-state index contributed by atoms with van der Waals surface area (Å²) in [4.78, 5) is 25.4. The molecule has 4 rings (SSSR count). The van der Waals surface area contributed by atoms with E-state index in [4.69, 9.17) is 0 Å². The summed E-state index contributed by atoms with van der Waals surface area (Å²) < 4.78 is 2.71. The van der Waals surface area contributed by atoms with E-state index < -0.39 is 0 Å². The van der Waals surface area contributed by atoms with Gasteiger partial charge in [-0.25, -0.2) is 9.20 Å². The van der Waals surface area contributed by atoms with E-state index in [0.717, 1.165) is 11.1 Å². The fourth-order valence-electron chi connectivity index (χ4n) is 3.28. The standard InChI is InChI=1S/C22H21N5O2/c1-15(17-9-5-3-6-10-17)23-21(28)14-26-22(29)20-13-19(18-11-7-4-8-12-18)25-27(20)16(2)24-26/h3-13,15H,14H2,1-2H3,(H,23,28)/t15-/m0/s1. The number of carbonyl (C=O) groups excluding carboxylic acids is 1. The number of fused-ring (bicyclic) bond motifs is 1. The van der Waals surface area contributed by atoms with Crippen molar-refractivity contribution in [3.8, 4) is 11.3 Å². The van der Waals surface area contributed by atoms with Crippen molar-refractivity contribution in [1.82, 2.24) is 24.7 Å². The van der Waals surface area contributed by atoms with Crippen molar-refractivity contribution in [2.75, 3.05) is 0 Å². The Balaban J connectivity index is 1.60. The summed E-state index contributed by atoms with van der Waals surface area (Å²) in [5, 5.41) is 11.7. The molecule has 0 saturated heterocycles. The molecular formula is C22H21N5O2. The molecule has 0 aliphatic rings. The van der Waals surface area contributed by atoms with Crippen LogP contribution >= 0.6 is 0 Å². The number of rotatable bonds is 5. The summed E-state index contributed by atoms with van der Waals surface area (Å²) in [5.41, 5.74) is 2.63. The smallest absolute Gasteiger partial charge is 0.293 e. The van der Waals surface area contributed by atoms with Gasteiger partial charge in [0.2, 0.25) is 5.91 Å². The molecule has 2 aromatic carbocycles. The maximum atomic E-state index is 12.9. The van der Waals surface area contributed by atoms with E-state index in [2.05, 4.69) is 15.5 Å². The topological polar surface area (TPSA) is 81.3 Å². The Kier molecular flexibility index (Phi) is 4.95. The molecule has 0 saturated carbocycles. The number of nitrogens with one attached hydrogen (secondary N) is 1. The van der Waals surface area contributed by atoms with Crippen molar-refractivity contribution in [2.45, 2.75) is 26.4 Å². The average Bonchev–Trinajstić information content (AvgIpc) is 3.19. The highest BCUT2D eigenvalue weighted by atomic mass is 16.2. The highest BCUT2D eigenvalue weighted by Crippen LogP contribution is 2.18. The van der Waals surface area contributed by atoms with Gasteiger partial charge in [-0.15, -0.1) is 0 Å². The van der Waals surface area contributed by atoms with E-state index in [-0.39, 0.29) is 24.1 Å². The lowest BCUT2D eigenvalue weighted by atomic mass is 10.1. The summed E-state index contributed by atoms with van der Waals surface area (Å²) in [7, 11) is 0. The van der Waals surface area contributed by atoms with Crippen molar-refractivity contribution in [3.63, 3.8) is 0 Å². The Bertz CT molecular complexity index is 1210. The van der Waals surface area contributed by atoms with Crippen molar-refractivity contribution in [2.24, 2.45) is 0 Å². The third kappa shape index (κ3) is 3.80. The monoisotopic (exact) mass is 387 g/mol. The zero-order chi connectivity index (χ0) is 20.4. The molecule has 1 atom stereocenters. The predicted molar refractivity (Wildman–Crippen MR) is 110 cm³/mol. The van der Waals surface area contributed by atoms with Crippen LogP contribution in [0.25, 0.3) is 16.8 Å². The lowest BCUT2D eigenvalue weighted by molar-refractivity contribution is -0.122. The van der Waals surface area contributed by atoms with E-state index in [0.29, 0.717) is 17.0 Å². The number of hydrogen-bond donors (Lipinski definition) is 1. The minimum absolute atomic E-state index is 0.154. The predicted octanol–water partition coefficient (Wildman–Crippen LogP) is 2.74. The largest absolute Gasteiger partial charge is 0.348 e. The van der Waals surface area contributed by atoms with E-state index >= 15 is 0 Å². The molecule has 7 heteroatoms. The summed E-state index contributed by atoms with van der Waals surface area (Å²) in [6.45, 7) is 3.51. The summed E-state index contributed by atoms with van der Waals surface area (Å²) in [6, 6.07) is 20.9. The summed E-state index contributed by atoms with van der Waals surface area (Å²) >= 11 is 0. The fraction of sp³-hybridized carbons (Fsp3) is 0.182. The Morgan fingerprint density at radius 2 is 1.69 bits per heavy atom. The van der Waals surface area contributed by atoms with Crippen molar-refractivity contribution >= 4 is 11.4 Å². The van der Waals surface area contributed by atoms with Crippen LogP contribution in [0.5, 0.6) is 0 Å². The summed E-state index contributed by atoms with van der Waals surface area (Å²) in [5.74, 6) is 0.258. The second-order valence-electron chi connectivity index (χ2n) is 6.90. The Labute approximate surface area is 167 Å². The Morgan fingerprint density at radius 3 is 2.38 bits per heavy atom. The van der Waals surface area contributed by atoms with Crippen molar-refractivity contribution in [1.29, 1.82) is 0 Å². The third-order valence-electron chi connectivity index (χ3n) is 4.77. The van der Waals surface area contributed by atoms with E-state index in [9.17, 15) is 9.59 Å². The van der Waals surface area contributed by atoms with Gasteiger partial charge in [-0.1, -0.05) is 60.7 Å². The van der Waals surface area contributed by atoms with Crippen LogP contribution in [-0.2, 0) is 11.3 Å². The first-order valence-electron chi connectivity index (χ1n) is 9.40. The van der Waals surface area contributed by atoms with E-state index in [1.165, 1.54) is 9.20 Å². The molecule has 0 aliphatic carbocycles. The lowest BCUT2D eigenvalue weighted by Gasteiger charge is -2.14. The minimum Gasteiger partial charge on any atom is -0.348 e. The number of amides is 1. The summed E-state index contributed by atoms with van der Waals surface area (Å²) in [6.07, 6.45) is 0. The molecule has 0 radical (unpaired) electrons. The van der Waals surface area contributed by atoms with Crippen LogP contribution in [0.15, 0.2) is 71.5 Å². The zero-order valence-corrected chi connectivity index (χ0v) is 16.2. The molecule has 146 valence electrons. The van der Waals surface area contributed by atoms with Gasteiger partial charge < -0.3 is 5.32 Å². The molecule has 7 nitrogen and oxygen atoms in total. The van der Waals surface area contributed by atoms with Crippen molar-refractivity contribution < 1.29 is 4.79 Å². The Hall–Kier alpha value is -3.74. The van der Waals surface area contributed by atoms with Crippen LogP contribution in [0, 0.1) is 6.92 Å². The number of hydrogen-bond acceptors (Lipinski definition) is 4. The van der Waals surface area contributed by atoms with Gasteiger partial charge in [0, 0.05) is 5.56 Å². The third-order valence-corrected chi connectivity index (χ3v) is 4.77. The molecule has 2 aromatic heterocycles. The maximum Gasteiger partial charge on any atom is 0.293 e. The van der Waals surface area contributed by atoms with Crippen molar-refractivity contribution in [3.05, 3.63) is 88.5 Å². The van der Waals surface area contributed by atoms with Crippen LogP contribution in [0.3, 0.4) is 0 Å². The van der Waals surface area contributed by atoms with Crippen LogP contribution in [0.1, 0.15) is 24.4 Å². The SMILES string of the molecule is Cc1nn(CC(=O)N[C@@H](C)c2ccccc2)c(=O)c2cc(-c3ccccc3)nn12. The molecule has 0 aliphatic heterocycles. The fourth-order valence-corrected chi connectivity index (χ4v) is 3.28. The molecule has 0 unspecified atom stereocenters. The highest BCUT2D eigenvalue weighted by molar-refractivity contribution is 5.76. The number of carbonyl (C=O) groups is 1. The first-order chi connectivity index (χ1) is 14.0. The first kappa shape index (κ1) is 18.6. The van der Waals surface area contributed by atoms with Gasteiger partial charge in [0.05, 0.1) is 11.7 Å². The van der Waals surface area contributed by atoms with Crippen LogP contribution in [0.2, 0.25) is 0 Å². The average molecular weight is 387 g/mol. The van der Waals surface area contributed by atoms with Gasteiger partial charge in [-0.3, -0.25) is 9.59 Å². The molecule has 4 aromatic rings. The zero-order valence-electron chi connectivity index (χ0n) is 16.2. The second kappa shape index (κ2) is 7.71. The van der Waals surface area contributed by atoms with E-state index in [1.807, 2.05) is 67.6 Å². The molecule has 1 amide bonds. The second-order valence-corrected chi connectivity index (χ2v) is 6.90. The molecule has 0 spiro atoms. The van der Waals surface area contributed by atoms with E-state index in [1.54, 1.807) is 13.0 Å². The van der Waals surface area contributed by atoms with Gasteiger partial charge in [0.15, 0.2) is 0 Å². The number of aromatic nitrogens is 4. The number of nitrogens with zero attached hydrogens (tertiary/aromatic N) is 4. The van der Waals surface area contributed by atoms with Gasteiger partial charge in [-0.2, -0.15) is 10.2 Å². The quantitative estimate of drug-likeness (QED) is 0.571. The molecule has 29 heavy (non-hydrogen) atoms. The molecular weight excluding hydrogens is 366 g/mol. The Morgan fingerprint density at radius 1 is 1.03 bits per heavy atom. The molecule has 0 bridgehead atoms. The van der Waals surface area contributed by atoms with Gasteiger partial charge in [-0.05, 0) is 25.5 Å². The van der Waals surface area contributed by atoms with Gasteiger partial charge in [0.1, 0.15) is 17.9 Å². The molecule has 0 fully saturated rings.